The molecule has 2 aromatic carbocycles. The van der Waals surface area contributed by atoms with Gasteiger partial charge in [0.25, 0.3) is 11.6 Å². The summed E-state index contributed by atoms with van der Waals surface area (Å²) in [6.45, 7) is 0.423. The molecule has 120 valence electrons. The molecule has 0 atom stereocenters. The number of nitrogens with zero attached hydrogens (tertiary/aromatic N) is 1. The van der Waals surface area contributed by atoms with Crippen LogP contribution in [0.2, 0.25) is 0 Å². The van der Waals surface area contributed by atoms with Crippen molar-refractivity contribution in [3.8, 4) is 5.75 Å². The molecule has 1 N–H and O–H groups in total. The zero-order chi connectivity index (χ0) is 16.8. The fourth-order valence-corrected chi connectivity index (χ4v) is 2.42. The number of ether oxygens (including phenoxy) is 1. The summed E-state index contributed by atoms with van der Waals surface area (Å²) in [6, 6.07) is 11.5. The predicted molar refractivity (Wildman–Crippen MR) is 89.8 cm³/mol. The predicted octanol–water partition coefficient (Wildman–Crippen LogP) is 3.34. The molecule has 0 bridgehead atoms. The summed E-state index contributed by atoms with van der Waals surface area (Å²) < 4.78 is 5.97. The second-order valence-corrected chi connectivity index (χ2v) is 5.69. The summed E-state index contributed by atoms with van der Waals surface area (Å²) in [4.78, 5) is 22.4. The number of hydrogen-bond donors (Lipinski definition) is 1. The van der Waals surface area contributed by atoms with Gasteiger partial charge in [0, 0.05) is 23.2 Å². The quantitative estimate of drug-likeness (QED) is 0.617. The highest BCUT2D eigenvalue weighted by Crippen LogP contribution is 2.22. The summed E-state index contributed by atoms with van der Waals surface area (Å²) in [5.74, 6) is 0.270. The molecule has 23 heavy (non-hydrogen) atoms. The molecule has 0 heterocycles. The molecule has 1 amide bonds. The van der Waals surface area contributed by atoms with Crippen molar-refractivity contribution in [1.82, 2.24) is 5.32 Å². The fraction of sp³-hybridized carbons (Fsp3) is 0.188. The lowest BCUT2D eigenvalue weighted by molar-refractivity contribution is -0.384. The lowest BCUT2D eigenvalue weighted by Gasteiger charge is -2.10. The topological polar surface area (TPSA) is 81.5 Å². The molecule has 0 aliphatic rings. The second kappa shape index (κ2) is 7.73. The van der Waals surface area contributed by atoms with Crippen LogP contribution in [0.25, 0.3) is 0 Å². The van der Waals surface area contributed by atoms with Crippen molar-refractivity contribution in [2.75, 3.05) is 13.7 Å². The van der Waals surface area contributed by atoms with Crippen LogP contribution in [0.15, 0.2) is 46.9 Å². The summed E-state index contributed by atoms with van der Waals surface area (Å²) in [7, 11) is 1.51. The first-order chi connectivity index (χ1) is 11.0. The number of benzene rings is 2. The maximum absolute atomic E-state index is 12.2. The van der Waals surface area contributed by atoms with Crippen LogP contribution in [0.3, 0.4) is 0 Å². The Balaban J connectivity index is 1.94. The molecule has 0 radical (unpaired) electrons. The maximum atomic E-state index is 12.2. The standard InChI is InChI=1S/C16H15BrN2O4/c1-23-15-7-4-12(17)10-14(15)16(20)18-9-8-11-2-5-13(6-3-11)19(21)22/h2-7,10H,8-9H2,1H3,(H,18,20). The van der Waals surface area contributed by atoms with Crippen LogP contribution in [0.1, 0.15) is 15.9 Å². The summed E-state index contributed by atoms with van der Waals surface area (Å²) in [5, 5.41) is 13.4. The zero-order valence-electron chi connectivity index (χ0n) is 12.4. The molecular formula is C16H15BrN2O4. The number of nitrogens with one attached hydrogen (secondary N) is 1. The van der Waals surface area contributed by atoms with Gasteiger partial charge in [-0.15, -0.1) is 0 Å². The van der Waals surface area contributed by atoms with E-state index in [-0.39, 0.29) is 11.6 Å². The van der Waals surface area contributed by atoms with Crippen molar-refractivity contribution >= 4 is 27.5 Å². The van der Waals surface area contributed by atoms with Gasteiger partial charge in [0.15, 0.2) is 0 Å². The Hall–Kier alpha value is -2.41. The van der Waals surface area contributed by atoms with E-state index < -0.39 is 4.92 Å². The van der Waals surface area contributed by atoms with E-state index in [2.05, 4.69) is 21.2 Å². The minimum atomic E-state index is -0.439. The van der Waals surface area contributed by atoms with E-state index in [1.165, 1.54) is 19.2 Å². The molecule has 0 fully saturated rings. The maximum Gasteiger partial charge on any atom is 0.269 e. The van der Waals surface area contributed by atoms with Gasteiger partial charge < -0.3 is 10.1 Å². The van der Waals surface area contributed by atoms with Crippen molar-refractivity contribution in [2.24, 2.45) is 0 Å². The number of halogens is 1. The van der Waals surface area contributed by atoms with E-state index in [0.29, 0.717) is 24.3 Å². The van der Waals surface area contributed by atoms with E-state index >= 15 is 0 Å². The SMILES string of the molecule is COc1ccc(Br)cc1C(=O)NCCc1ccc([N+](=O)[O-])cc1. The Morgan fingerprint density at radius 1 is 1.26 bits per heavy atom. The second-order valence-electron chi connectivity index (χ2n) is 4.77. The molecule has 0 aliphatic carbocycles. The van der Waals surface area contributed by atoms with E-state index in [9.17, 15) is 14.9 Å². The smallest absolute Gasteiger partial charge is 0.269 e. The van der Waals surface area contributed by atoms with Crippen LogP contribution in [0.4, 0.5) is 5.69 Å². The van der Waals surface area contributed by atoms with Crippen LogP contribution in [0.5, 0.6) is 5.75 Å². The minimum absolute atomic E-state index is 0.0525. The first kappa shape index (κ1) is 17.0. The van der Waals surface area contributed by atoms with E-state index in [0.717, 1.165) is 10.0 Å². The average molecular weight is 379 g/mol. The van der Waals surface area contributed by atoms with Crippen LogP contribution < -0.4 is 10.1 Å². The third-order valence-corrected chi connectivity index (χ3v) is 3.75. The Labute approximate surface area is 141 Å². The molecule has 7 heteroatoms. The highest BCUT2D eigenvalue weighted by atomic mass is 79.9. The van der Waals surface area contributed by atoms with Crippen molar-refractivity contribution in [2.45, 2.75) is 6.42 Å². The summed E-state index contributed by atoms with van der Waals surface area (Å²) >= 11 is 3.33. The Morgan fingerprint density at radius 3 is 2.57 bits per heavy atom. The molecule has 0 saturated heterocycles. The van der Waals surface area contributed by atoms with Crippen LogP contribution in [-0.2, 0) is 6.42 Å². The third-order valence-electron chi connectivity index (χ3n) is 3.25. The molecular weight excluding hydrogens is 364 g/mol. The largest absolute Gasteiger partial charge is 0.496 e. The average Bonchev–Trinajstić information content (AvgIpc) is 2.55. The molecule has 2 rings (SSSR count). The molecule has 0 unspecified atom stereocenters. The van der Waals surface area contributed by atoms with Gasteiger partial charge in [0.1, 0.15) is 5.75 Å². The van der Waals surface area contributed by atoms with Crippen molar-refractivity contribution in [3.05, 3.63) is 68.2 Å². The number of nitro groups is 1. The van der Waals surface area contributed by atoms with Gasteiger partial charge in [-0.25, -0.2) is 0 Å². The number of hydrogen-bond acceptors (Lipinski definition) is 4. The molecule has 0 saturated carbocycles. The highest BCUT2D eigenvalue weighted by molar-refractivity contribution is 9.10. The first-order valence-electron chi connectivity index (χ1n) is 6.86. The minimum Gasteiger partial charge on any atom is -0.496 e. The molecule has 0 spiro atoms. The van der Waals surface area contributed by atoms with Crippen LogP contribution in [-0.4, -0.2) is 24.5 Å². The van der Waals surface area contributed by atoms with Crippen molar-refractivity contribution in [3.63, 3.8) is 0 Å². The van der Waals surface area contributed by atoms with Crippen LogP contribution >= 0.6 is 15.9 Å². The fourth-order valence-electron chi connectivity index (χ4n) is 2.06. The number of rotatable bonds is 6. The Bertz CT molecular complexity index is 717. The van der Waals surface area contributed by atoms with Crippen molar-refractivity contribution in [1.29, 1.82) is 0 Å². The number of carbonyl (C=O) groups is 1. The number of amides is 1. The molecule has 0 aliphatic heterocycles. The Morgan fingerprint density at radius 2 is 1.96 bits per heavy atom. The van der Waals surface area contributed by atoms with Gasteiger partial charge in [-0.3, -0.25) is 14.9 Å². The van der Waals surface area contributed by atoms with Crippen molar-refractivity contribution < 1.29 is 14.5 Å². The van der Waals surface area contributed by atoms with Crippen LogP contribution in [0, 0.1) is 10.1 Å². The summed E-state index contributed by atoms with van der Waals surface area (Å²) in [5.41, 5.74) is 1.42. The summed E-state index contributed by atoms with van der Waals surface area (Å²) in [6.07, 6.45) is 0.583. The van der Waals surface area contributed by atoms with Gasteiger partial charge in [-0.05, 0) is 30.2 Å². The molecule has 6 nitrogen and oxygen atoms in total. The van der Waals surface area contributed by atoms with Gasteiger partial charge in [0.05, 0.1) is 17.6 Å². The van der Waals surface area contributed by atoms with Gasteiger partial charge in [0.2, 0.25) is 0 Å². The number of nitro benzene ring substituents is 1. The Kier molecular flexibility index (Phi) is 5.70. The molecule has 0 aromatic heterocycles. The van der Waals surface area contributed by atoms with Gasteiger partial charge in [-0.1, -0.05) is 28.1 Å². The lowest BCUT2D eigenvalue weighted by Crippen LogP contribution is -2.26. The lowest BCUT2D eigenvalue weighted by atomic mass is 10.1. The van der Waals surface area contributed by atoms with Gasteiger partial charge >= 0.3 is 0 Å². The number of methoxy groups -OCH3 is 1. The van der Waals surface area contributed by atoms with E-state index in [1.54, 1.807) is 30.3 Å². The van der Waals surface area contributed by atoms with Gasteiger partial charge in [-0.2, -0.15) is 0 Å². The zero-order valence-corrected chi connectivity index (χ0v) is 14.0. The normalized spacial score (nSPS) is 10.2. The van der Waals surface area contributed by atoms with E-state index in [4.69, 9.17) is 4.74 Å². The monoisotopic (exact) mass is 378 g/mol. The number of non-ortho nitro benzene ring substituents is 1. The third kappa shape index (κ3) is 4.53. The molecule has 2 aromatic rings. The van der Waals surface area contributed by atoms with E-state index in [1.807, 2.05) is 0 Å². The first-order valence-corrected chi connectivity index (χ1v) is 7.65. The number of carbonyl (C=O) groups excluding carboxylic acids is 1. The highest BCUT2D eigenvalue weighted by Gasteiger charge is 2.12.